The van der Waals surface area contributed by atoms with Gasteiger partial charge in [0.2, 0.25) is 11.8 Å². The van der Waals surface area contributed by atoms with E-state index in [2.05, 4.69) is 27.7 Å². The van der Waals surface area contributed by atoms with Gasteiger partial charge in [0.1, 0.15) is 0 Å². The third-order valence-electron chi connectivity index (χ3n) is 8.17. The van der Waals surface area contributed by atoms with Gasteiger partial charge in [-0.25, -0.2) is 0 Å². The largest absolute Gasteiger partial charge is 0.351 e. The van der Waals surface area contributed by atoms with Gasteiger partial charge in [-0.1, -0.05) is 89.9 Å². The van der Waals surface area contributed by atoms with Gasteiger partial charge in [0.15, 0.2) is 0 Å². The number of likely N-dealkylation sites (tertiary alicyclic amines) is 1. The first-order valence-electron chi connectivity index (χ1n) is 13.2. The predicted octanol–water partition coefficient (Wildman–Crippen LogP) is 5.69. The van der Waals surface area contributed by atoms with Crippen LogP contribution in [-0.4, -0.2) is 36.3 Å². The topological polar surface area (TPSA) is 61.4 Å². The highest BCUT2D eigenvalue weighted by atomic mass is 35.5. The molecule has 198 valence electrons. The Morgan fingerprint density at radius 3 is 2.18 bits per heavy atom. The van der Waals surface area contributed by atoms with E-state index in [1.807, 2.05) is 60.7 Å². The van der Waals surface area contributed by atoms with Crippen molar-refractivity contribution in [2.45, 2.75) is 43.7 Å². The summed E-state index contributed by atoms with van der Waals surface area (Å²) in [5.74, 6) is 0.178. The SMILES string of the molecule is CC(=O)NC1(c2ccccc2)CCN(CC2CC2(C(=O)NCc2ccccc2)c2ccc(Cl)c(Cl)c2)CC1. The monoisotopic (exact) mass is 549 g/mol. The van der Waals surface area contributed by atoms with Crippen molar-refractivity contribution in [2.75, 3.05) is 19.6 Å². The maximum atomic E-state index is 13.7. The predicted molar refractivity (Wildman–Crippen MR) is 152 cm³/mol. The molecule has 38 heavy (non-hydrogen) atoms. The molecular weight excluding hydrogens is 517 g/mol. The number of amides is 2. The van der Waals surface area contributed by atoms with E-state index in [4.69, 9.17) is 23.2 Å². The third-order valence-corrected chi connectivity index (χ3v) is 8.91. The number of carbonyl (C=O) groups is 2. The number of benzene rings is 3. The normalized spacial score (nSPS) is 22.4. The van der Waals surface area contributed by atoms with Crippen LogP contribution in [0.4, 0.5) is 0 Å². The van der Waals surface area contributed by atoms with Gasteiger partial charge in [-0.05, 0) is 54.0 Å². The Kier molecular flexibility index (Phi) is 7.80. The number of rotatable bonds is 8. The summed E-state index contributed by atoms with van der Waals surface area (Å²) in [5, 5.41) is 7.37. The lowest BCUT2D eigenvalue weighted by atomic mass is 9.80. The van der Waals surface area contributed by atoms with Gasteiger partial charge >= 0.3 is 0 Å². The quantitative estimate of drug-likeness (QED) is 0.379. The second-order valence-electron chi connectivity index (χ2n) is 10.6. The summed E-state index contributed by atoms with van der Waals surface area (Å²) in [6.07, 6.45) is 2.41. The van der Waals surface area contributed by atoms with Crippen molar-refractivity contribution < 1.29 is 9.59 Å². The van der Waals surface area contributed by atoms with E-state index in [1.165, 1.54) is 0 Å². The fourth-order valence-corrected chi connectivity index (χ4v) is 6.33. The standard InChI is InChI=1S/C31H33Cl2N3O2/c1-22(37)35-30(24-10-6-3-7-11-24)14-16-36(17-15-30)21-26-19-31(26,25-12-13-27(32)28(33)18-25)29(38)34-20-23-8-4-2-5-9-23/h2-13,18,26H,14-17,19-21H2,1H3,(H,34,38)(H,35,37). The Labute approximate surface area is 234 Å². The van der Waals surface area contributed by atoms with Crippen LogP contribution in [0.3, 0.4) is 0 Å². The zero-order chi connectivity index (χ0) is 26.8. The van der Waals surface area contributed by atoms with E-state index >= 15 is 0 Å². The Bertz CT molecular complexity index is 1290. The first-order chi connectivity index (χ1) is 18.3. The molecule has 0 radical (unpaired) electrons. The molecule has 0 bridgehead atoms. The van der Waals surface area contributed by atoms with Crippen LogP contribution in [0.25, 0.3) is 0 Å². The van der Waals surface area contributed by atoms with Crippen LogP contribution >= 0.6 is 23.2 Å². The maximum absolute atomic E-state index is 13.7. The second kappa shape index (κ2) is 11.1. The number of hydrogen-bond donors (Lipinski definition) is 2. The Morgan fingerprint density at radius 2 is 1.55 bits per heavy atom. The van der Waals surface area contributed by atoms with Gasteiger partial charge in [0, 0.05) is 33.1 Å². The smallest absolute Gasteiger partial charge is 0.231 e. The first-order valence-corrected chi connectivity index (χ1v) is 13.9. The molecule has 2 atom stereocenters. The van der Waals surface area contributed by atoms with Gasteiger partial charge < -0.3 is 15.5 Å². The van der Waals surface area contributed by atoms with Crippen molar-refractivity contribution in [3.63, 3.8) is 0 Å². The van der Waals surface area contributed by atoms with Crippen LogP contribution in [0, 0.1) is 5.92 Å². The molecule has 7 heteroatoms. The van der Waals surface area contributed by atoms with Crippen LogP contribution in [0.5, 0.6) is 0 Å². The van der Waals surface area contributed by atoms with Crippen LogP contribution in [0.15, 0.2) is 78.9 Å². The molecule has 1 saturated heterocycles. The molecule has 3 aromatic carbocycles. The molecule has 0 spiro atoms. The van der Waals surface area contributed by atoms with E-state index in [1.54, 1.807) is 13.0 Å². The molecule has 2 amide bonds. The number of nitrogens with zero attached hydrogens (tertiary/aromatic N) is 1. The molecule has 3 aromatic rings. The van der Waals surface area contributed by atoms with Crippen molar-refractivity contribution in [2.24, 2.45) is 5.92 Å². The summed E-state index contributed by atoms with van der Waals surface area (Å²) in [7, 11) is 0. The molecule has 2 aliphatic rings. The minimum absolute atomic E-state index is 0.0155. The molecule has 5 nitrogen and oxygen atoms in total. The Balaban J connectivity index is 1.31. The van der Waals surface area contributed by atoms with Crippen LogP contribution in [-0.2, 0) is 27.1 Å². The number of hydrogen-bond acceptors (Lipinski definition) is 3. The van der Waals surface area contributed by atoms with Crippen molar-refractivity contribution in [1.29, 1.82) is 0 Å². The lowest BCUT2D eigenvalue weighted by Gasteiger charge is -2.43. The number of halogens is 2. The summed E-state index contributed by atoms with van der Waals surface area (Å²) < 4.78 is 0. The molecule has 2 unspecified atom stereocenters. The van der Waals surface area contributed by atoms with Crippen molar-refractivity contribution >= 4 is 35.0 Å². The van der Waals surface area contributed by atoms with E-state index in [0.717, 1.165) is 55.6 Å². The van der Waals surface area contributed by atoms with Crippen LogP contribution < -0.4 is 10.6 Å². The highest BCUT2D eigenvalue weighted by molar-refractivity contribution is 6.42. The first kappa shape index (κ1) is 26.7. The van der Waals surface area contributed by atoms with E-state index in [9.17, 15) is 9.59 Å². The molecule has 5 rings (SSSR count). The molecule has 2 fully saturated rings. The minimum atomic E-state index is -0.630. The minimum Gasteiger partial charge on any atom is -0.351 e. The second-order valence-corrected chi connectivity index (χ2v) is 11.4. The molecule has 1 aliphatic heterocycles. The average Bonchev–Trinajstić information content (AvgIpc) is 3.65. The van der Waals surface area contributed by atoms with Crippen molar-refractivity contribution in [3.05, 3.63) is 106 Å². The summed E-state index contributed by atoms with van der Waals surface area (Å²) >= 11 is 12.6. The number of nitrogens with one attached hydrogen (secondary N) is 2. The molecule has 1 heterocycles. The maximum Gasteiger partial charge on any atom is 0.231 e. The van der Waals surface area contributed by atoms with Gasteiger partial charge in [0.05, 0.1) is 21.0 Å². The summed E-state index contributed by atoms with van der Waals surface area (Å²) in [6.45, 7) is 4.56. The lowest BCUT2D eigenvalue weighted by molar-refractivity contribution is -0.124. The highest BCUT2D eigenvalue weighted by Gasteiger charge is 2.61. The van der Waals surface area contributed by atoms with Gasteiger partial charge in [0.25, 0.3) is 0 Å². The fourth-order valence-electron chi connectivity index (χ4n) is 6.03. The van der Waals surface area contributed by atoms with E-state index in [0.29, 0.717) is 16.6 Å². The van der Waals surface area contributed by atoms with Gasteiger partial charge in [-0.2, -0.15) is 0 Å². The molecule has 0 aromatic heterocycles. The van der Waals surface area contributed by atoms with Crippen LogP contribution in [0.1, 0.15) is 42.9 Å². The van der Waals surface area contributed by atoms with E-state index < -0.39 is 5.41 Å². The zero-order valence-corrected chi connectivity index (χ0v) is 23.1. The van der Waals surface area contributed by atoms with Gasteiger partial charge in [-0.15, -0.1) is 0 Å². The zero-order valence-electron chi connectivity index (χ0n) is 21.6. The molecular formula is C31H33Cl2N3O2. The third kappa shape index (κ3) is 5.47. The Hall–Kier alpha value is -2.86. The summed E-state index contributed by atoms with van der Waals surface area (Å²) in [5.41, 5.74) is 2.13. The number of carbonyl (C=O) groups excluding carboxylic acids is 2. The average molecular weight is 551 g/mol. The fraction of sp³-hybridized carbons (Fsp3) is 0.355. The Morgan fingerprint density at radius 1 is 0.895 bits per heavy atom. The molecule has 2 N–H and O–H groups in total. The summed E-state index contributed by atoms with van der Waals surface area (Å²) in [4.78, 5) is 28.2. The van der Waals surface area contributed by atoms with Crippen LogP contribution in [0.2, 0.25) is 10.0 Å². The van der Waals surface area contributed by atoms with Crippen molar-refractivity contribution in [1.82, 2.24) is 15.5 Å². The van der Waals surface area contributed by atoms with Crippen molar-refractivity contribution in [3.8, 4) is 0 Å². The summed E-state index contributed by atoms with van der Waals surface area (Å²) in [6, 6.07) is 25.7. The molecule has 1 aliphatic carbocycles. The highest BCUT2D eigenvalue weighted by Crippen LogP contribution is 2.56. The lowest BCUT2D eigenvalue weighted by Crippen LogP contribution is -2.53. The number of piperidine rings is 1. The van der Waals surface area contributed by atoms with E-state index in [-0.39, 0.29) is 23.3 Å². The van der Waals surface area contributed by atoms with Gasteiger partial charge in [-0.3, -0.25) is 9.59 Å². The molecule has 1 saturated carbocycles.